The molecule has 94 valence electrons. The molecule has 0 N–H and O–H groups in total. The van der Waals surface area contributed by atoms with Crippen LogP contribution >= 0.6 is 11.6 Å². The van der Waals surface area contributed by atoms with Crippen LogP contribution in [0, 0.1) is 0 Å². The van der Waals surface area contributed by atoms with Gasteiger partial charge in [0.25, 0.3) is 0 Å². The van der Waals surface area contributed by atoms with Crippen LogP contribution < -0.4 is 0 Å². The van der Waals surface area contributed by atoms with Crippen LogP contribution in [0.2, 0.25) is 5.02 Å². The zero-order valence-electron chi connectivity index (χ0n) is 10.6. The predicted molar refractivity (Wildman–Crippen MR) is 79.4 cm³/mol. The number of benzene rings is 2. The quantitative estimate of drug-likeness (QED) is 0.625. The summed E-state index contributed by atoms with van der Waals surface area (Å²) in [5.74, 6) is 0.0653. The Morgan fingerprint density at radius 3 is 2.53 bits per heavy atom. The number of carbonyl (C=O) groups is 1. The Balaban J connectivity index is 2.00. The maximum Gasteiger partial charge on any atom is 0.152 e. The van der Waals surface area contributed by atoms with Gasteiger partial charge in [-0.1, -0.05) is 41.9 Å². The summed E-state index contributed by atoms with van der Waals surface area (Å²) in [5, 5.41) is 0.781. The highest BCUT2D eigenvalue weighted by molar-refractivity contribution is 6.30. The third-order valence-corrected chi connectivity index (χ3v) is 3.61. The van der Waals surface area contributed by atoms with Gasteiger partial charge in [-0.15, -0.1) is 0 Å². The highest BCUT2D eigenvalue weighted by atomic mass is 35.5. The van der Waals surface area contributed by atoms with Crippen molar-refractivity contribution in [1.29, 1.82) is 0 Å². The molecule has 3 rings (SSSR count). The molecular formula is C17H13ClO. The van der Waals surface area contributed by atoms with Crippen LogP contribution in [0.25, 0.3) is 17.2 Å². The second-order valence-corrected chi connectivity index (χ2v) is 5.28. The van der Waals surface area contributed by atoms with Crippen LogP contribution in [0.3, 0.4) is 0 Å². The second kappa shape index (κ2) is 4.67. The lowest BCUT2D eigenvalue weighted by Gasteiger charge is -2.02. The van der Waals surface area contributed by atoms with E-state index in [2.05, 4.69) is 18.2 Å². The largest absolute Gasteiger partial charge is 0.295 e. The van der Waals surface area contributed by atoms with Gasteiger partial charge in [0.2, 0.25) is 0 Å². The molecule has 0 unspecified atom stereocenters. The van der Waals surface area contributed by atoms with Crippen molar-refractivity contribution in [1.82, 2.24) is 0 Å². The van der Waals surface area contributed by atoms with Crippen molar-refractivity contribution in [2.24, 2.45) is 0 Å². The molecule has 0 atom stereocenters. The molecule has 0 fully saturated rings. The van der Waals surface area contributed by atoms with Crippen molar-refractivity contribution >= 4 is 23.5 Å². The van der Waals surface area contributed by atoms with E-state index >= 15 is 0 Å². The summed E-state index contributed by atoms with van der Waals surface area (Å²) in [6.07, 6.45) is 4.37. The van der Waals surface area contributed by atoms with E-state index in [1.54, 1.807) is 13.0 Å². The molecule has 0 saturated carbocycles. The molecule has 0 spiro atoms. The average molecular weight is 269 g/mol. The second-order valence-electron chi connectivity index (χ2n) is 4.84. The summed E-state index contributed by atoms with van der Waals surface area (Å²) in [6.45, 7) is 1.56. The van der Waals surface area contributed by atoms with Crippen molar-refractivity contribution in [2.45, 2.75) is 13.3 Å². The Kier molecular flexibility index (Phi) is 3.00. The van der Waals surface area contributed by atoms with Crippen LogP contribution in [0.1, 0.15) is 23.6 Å². The van der Waals surface area contributed by atoms with E-state index in [0.717, 1.165) is 17.0 Å². The third kappa shape index (κ3) is 2.34. The molecule has 2 aromatic rings. The minimum atomic E-state index is 0.0653. The van der Waals surface area contributed by atoms with Gasteiger partial charge >= 0.3 is 0 Å². The van der Waals surface area contributed by atoms with Crippen LogP contribution in [0.4, 0.5) is 0 Å². The highest BCUT2D eigenvalue weighted by Gasteiger charge is 2.18. The molecule has 0 saturated heterocycles. The molecule has 1 aliphatic carbocycles. The molecular weight excluding hydrogens is 256 g/mol. The van der Waals surface area contributed by atoms with Crippen LogP contribution in [0.5, 0.6) is 0 Å². The third-order valence-electron chi connectivity index (χ3n) is 3.38. The fourth-order valence-corrected chi connectivity index (χ4v) is 2.71. The summed E-state index contributed by atoms with van der Waals surface area (Å²) in [6, 6.07) is 12.3. The number of allylic oxidation sites excluding steroid dienone is 1. The first kappa shape index (κ1) is 12.2. The Bertz CT molecular complexity index is 698. The number of halogens is 1. The lowest BCUT2D eigenvalue weighted by Crippen LogP contribution is -1.84. The monoisotopic (exact) mass is 268 g/mol. The topological polar surface area (TPSA) is 17.1 Å². The summed E-state index contributed by atoms with van der Waals surface area (Å²) in [5.41, 5.74) is 6.17. The summed E-state index contributed by atoms with van der Waals surface area (Å²) >= 11 is 6.03. The fourth-order valence-electron chi connectivity index (χ4n) is 2.52. The summed E-state index contributed by atoms with van der Waals surface area (Å²) in [4.78, 5) is 11.0. The molecule has 2 aromatic carbocycles. The van der Waals surface area contributed by atoms with Gasteiger partial charge in [-0.2, -0.15) is 0 Å². The van der Waals surface area contributed by atoms with Crippen molar-refractivity contribution < 1.29 is 4.79 Å². The average Bonchev–Trinajstić information content (AvgIpc) is 2.72. The molecule has 1 nitrogen and oxygen atoms in total. The lowest BCUT2D eigenvalue weighted by atomic mass is 10.0. The van der Waals surface area contributed by atoms with E-state index in [4.69, 9.17) is 11.6 Å². The van der Waals surface area contributed by atoms with Crippen molar-refractivity contribution in [2.75, 3.05) is 0 Å². The minimum Gasteiger partial charge on any atom is -0.295 e. The number of ketones is 1. The van der Waals surface area contributed by atoms with Crippen LogP contribution in [-0.2, 0) is 11.2 Å². The van der Waals surface area contributed by atoms with Crippen molar-refractivity contribution in [3.05, 3.63) is 64.2 Å². The van der Waals surface area contributed by atoms with E-state index in [-0.39, 0.29) is 5.78 Å². The molecule has 0 amide bonds. The van der Waals surface area contributed by atoms with Gasteiger partial charge < -0.3 is 0 Å². The molecule has 0 aromatic heterocycles. The number of hydrogen-bond donors (Lipinski definition) is 0. The van der Waals surface area contributed by atoms with Gasteiger partial charge in [-0.25, -0.2) is 0 Å². The van der Waals surface area contributed by atoms with E-state index in [0.29, 0.717) is 0 Å². The number of hydrogen-bond acceptors (Lipinski definition) is 1. The first-order valence-electron chi connectivity index (χ1n) is 6.24. The molecule has 0 aliphatic heterocycles. The Morgan fingerprint density at radius 2 is 1.79 bits per heavy atom. The van der Waals surface area contributed by atoms with Gasteiger partial charge in [0.1, 0.15) is 0 Å². The smallest absolute Gasteiger partial charge is 0.152 e. The molecule has 0 bridgehead atoms. The molecule has 0 radical (unpaired) electrons. The van der Waals surface area contributed by atoms with Gasteiger partial charge in [-0.3, -0.25) is 4.79 Å². The first-order valence-corrected chi connectivity index (χ1v) is 6.61. The van der Waals surface area contributed by atoms with E-state index in [1.807, 2.05) is 24.3 Å². The Hall–Kier alpha value is -1.86. The van der Waals surface area contributed by atoms with Gasteiger partial charge in [0.05, 0.1) is 0 Å². The maximum absolute atomic E-state index is 11.0. The molecule has 19 heavy (non-hydrogen) atoms. The molecule has 1 aliphatic rings. The standard InChI is InChI=1S/C17H13ClO/c1-11(19)2-3-12-4-6-16-13(8-12)9-14-10-15(18)5-7-17(14)16/h2-8,10H,9H2,1H3. The van der Waals surface area contributed by atoms with Crippen molar-refractivity contribution in [3.8, 4) is 11.1 Å². The number of carbonyl (C=O) groups excluding carboxylic acids is 1. The normalized spacial score (nSPS) is 12.5. The Morgan fingerprint density at radius 1 is 1.11 bits per heavy atom. The van der Waals surface area contributed by atoms with E-state index < -0.39 is 0 Å². The Labute approximate surface area is 117 Å². The van der Waals surface area contributed by atoms with Gasteiger partial charge in [0, 0.05) is 5.02 Å². The fraction of sp³-hybridized carbons (Fsp3) is 0.118. The molecule has 2 heteroatoms. The maximum atomic E-state index is 11.0. The summed E-state index contributed by atoms with van der Waals surface area (Å²) < 4.78 is 0. The summed E-state index contributed by atoms with van der Waals surface area (Å²) in [7, 11) is 0. The number of rotatable bonds is 2. The highest BCUT2D eigenvalue weighted by Crippen LogP contribution is 2.38. The zero-order valence-corrected chi connectivity index (χ0v) is 11.4. The predicted octanol–water partition coefficient (Wildman–Crippen LogP) is 4.51. The number of fused-ring (bicyclic) bond motifs is 3. The van der Waals surface area contributed by atoms with Crippen molar-refractivity contribution in [3.63, 3.8) is 0 Å². The zero-order chi connectivity index (χ0) is 13.4. The first-order chi connectivity index (χ1) is 9.13. The molecule has 0 heterocycles. The van der Waals surface area contributed by atoms with E-state index in [9.17, 15) is 4.79 Å². The van der Waals surface area contributed by atoms with E-state index in [1.165, 1.54) is 22.3 Å². The minimum absolute atomic E-state index is 0.0653. The van der Waals surface area contributed by atoms with Crippen LogP contribution in [-0.4, -0.2) is 5.78 Å². The SMILES string of the molecule is CC(=O)C=Cc1ccc2c(c1)Cc1cc(Cl)ccc1-2. The van der Waals surface area contributed by atoms with Gasteiger partial charge in [-0.05, 0) is 59.4 Å². The van der Waals surface area contributed by atoms with Gasteiger partial charge in [0.15, 0.2) is 5.78 Å². The lowest BCUT2D eigenvalue weighted by molar-refractivity contribution is -0.112. The van der Waals surface area contributed by atoms with Crippen LogP contribution in [0.15, 0.2) is 42.5 Å².